The van der Waals surface area contributed by atoms with Crippen molar-refractivity contribution in [2.75, 3.05) is 54.1 Å². The zero-order chi connectivity index (χ0) is 28.4. The van der Waals surface area contributed by atoms with Crippen LogP contribution in [0.1, 0.15) is 5.56 Å². The van der Waals surface area contributed by atoms with Gasteiger partial charge >= 0.3 is 11.9 Å². The normalized spacial score (nSPS) is 13.2. The standard InChI is InChI=1S/C26H30N2O5.C2H2O4/c1-30-23-16-25(32-3)24(31-2)15-21(23)17-27-10-12-28(13-11-27)26(29)18-33-22-9-8-19-6-4-5-7-20(19)14-22;3-1(4)2(5)6/h4-9,14-16H,10-13,17-18H2,1-3H3;(H,3,4)(H,5,6). The molecule has 1 heterocycles. The molecule has 4 rings (SSSR count). The zero-order valence-electron chi connectivity index (χ0n) is 22.1. The van der Waals surface area contributed by atoms with Gasteiger partial charge in [0.15, 0.2) is 18.1 Å². The molecule has 0 spiro atoms. The smallest absolute Gasteiger partial charge is 0.414 e. The molecule has 0 unspecified atom stereocenters. The minimum atomic E-state index is -1.82. The van der Waals surface area contributed by atoms with Crippen LogP contribution >= 0.6 is 0 Å². The molecule has 2 N–H and O–H groups in total. The highest BCUT2D eigenvalue weighted by Gasteiger charge is 2.23. The largest absolute Gasteiger partial charge is 0.496 e. The zero-order valence-corrected chi connectivity index (χ0v) is 22.1. The van der Waals surface area contributed by atoms with Crippen LogP contribution in [0.15, 0.2) is 54.6 Å². The van der Waals surface area contributed by atoms with Gasteiger partial charge in [-0.05, 0) is 29.0 Å². The number of benzene rings is 3. The molecule has 1 aliphatic rings. The first-order valence-electron chi connectivity index (χ1n) is 12.1. The second kappa shape index (κ2) is 13.9. The summed E-state index contributed by atoms with van der Waals surface area (Å²) >= 11 is 0. The number of amides is 1. The number of fused-ring (bicyclic) bond motifs is 1. The van der Waals surface area contributed by atoms with Crippen LogP contribution in [0.3, 0.4) is 0 Å². The van der Waals surface area contributed by atoms with Gasteiger partial charge in [0.25, 0.3) is 5.91 Å². The van der Waals surface area contributed by atoms with Crippen LogP contribution in [0, 0.1) is 0 Å². The predicted octanol–water partition coefficient (Wildman–Crippen LogP) is 2.74. The number of hydrogen-bond acceptors (Lipinski definition) is 8. The summed E-state index contributed by atoms with van der Waals surface area (Å²) in [6, 6.07) is 17.8. The van der Waals surface area contributed by atoms with E-state index < -0.39 is 11.9 Å². The van der Waals surface area contributed by atoms with Crippen molar-refractivity contribution in [1.82, 2.24) is 9.80 Å². The third-order valence-electron chi connectivity index (χ3n) is 6.17. The molecule has 11 nitrogen and oxygen atoms in total. The molecule has 0 atom stereocenters. The molecular formula is C28H32N2O9. The van der Waals surface area contributed by atoms with E-state index in [2.05, 4.69) is 11.0 Å². The Morgan fingerprint density at radius 1 is 0.744 bits per heavy atom. The number of nitrogens with zero attached hydrogens (tertiary/aromatic N) is 2. The topological polar surface area (TPSA) is 135 Å². The van der Waals surface area contributed by atoms with E-state index in [9.17, 15) is 4.79 Å². The molecule has 1 aliphatic heterocycles. The van der Waals surface area contributed by atoms with Crippen LogP contribution in [-0.4, -0.2) is 92.0 Å². The Hall–Kier alpha value is -4.51. The number of carboxylic acid groups (broad SMARTS) is 2. The van der Waals surface area contributed by atoms with Crippen LogP contribution in [-0.2, 0) is 20.9 Å². The lowest BCUT2D eigenvalue weighted by molar-refractivity contribution is -0.159. The highest BCUT2D eigenvalue weighted by molar-refractivity contribution is 6.27. The number of carboxylic acids is 2. The second-order valence-corrected chi connectivity index (χ2v) is 8.58. The number of rotatable bonds is 8. The molecule has 1 amide bonds. The van der Waals surface area contributed by atoms with E-state index in [0.717, 1.165) is 35.2 Å². The van der Waals surface area contributed by atoms with Gasteiger partial charge in [-0.3, -0.25) is 9.69 Å². The third kappa shape index (κ3) is 7.99. The minimum Gasteiger partial charge on any atom is -0.496 e. The van der Waals surface area contributed by atoms with E-state index in [0.29, 0.717) is 36.9 Å². The summed E-state index contributed by atoms with van der Waals surface area (Å²) < 4.78 is 22.1. The van der Waals surface area contributed by atoms with Crippen molar-refractivity contribution >= 4 is 28.6 Å². The molecule has 0 bridgehead atoms. The van der Waals surface area contributed by atoms with Crippen LogP contribution in [0.5, 0.6) is 23.0 Å². The first kappa shape index (κ1) is 29.1. The molecule has 3 aromatic rings. The number of piperazine rings is 1. The van der Waals surface area contributed by atoms with Gasteiger partial charge < -0.3 is 34.1 Å². The summed E-state index contributed by atoms with van der Waals surface area (Å²) in [5.41, 5.74) is 1.02. The highest BCUT2D eigenvalue weighted by Crippen LogP contribution is 2.35. The molecular weight excluding hydrogens is 508 g/mol. The quantitative estimate of drug-likeness (QED) is 0.411. The first-order valence-corrected chi connectivity index (χ1v) is 12.1. The maximum absolute atomic E-state index is 12.7. The van der Waals surface area contributed by atoms with Crippen LogP contribution in [0.25, 0.3) is 10.8 Å². The van der Waals surface area contributed by atoms with E-state index in [-0.39, 0.29) is 12.5 Å². The van der Waals surface area contributed by atoms with Crippen molar-refractivity contribution in [3.63, 3.8) is 0 Å². The van der Waals surface area contributed by atoms with E-state index in [1.54, 1.807) is 21.3 Å². The lowest BCUT2D eigenvalue weighted by Crippen LogP contribution is -2.49. The molecule has 11 heteroatoms. The lowest BCUT2D eigenvalue weighted by atomic mass is 10.1. The van der Waals surface area contributed by atoms with Crippen molar-refractivity contribution in [2.24, 2.45) is 0 Å². The molecule has 39 heavy (non-hydrogen) atoms. The van der Waals surface area contributed by atoms with Gasteiger partial charge in [-0.15, -0.1) is 0 Å². The van der Waals surface area contributed by atoms with Gasteiger partial charge in [0, 0.05) is 44.4 Å². The monoisotopic (exact) mass is 540 g/mol. The average Bonchev–Trinajstić information content (AvgIpc) is 2.96. The van der Waals surface area contributed by atoms with Gasteiger partial charge in [0.05, 0.1) is 21.3 Å². The summed E-state index contributed by atoms with van der Waals surface area (Å²) in [5, 5.41) is 17.0. The number of aliphatic carboxylic acids is 2. The van der Waals surface area contributed by atoms with Crippen LogP contribution in [0.4, 0.5) is 0 Å². The number of carbonyl (C=O) groups is 3. The van der Waals surface area contributed by atoms with Crippen LogP contribution in [0.2, 0.25) is 0 Å². The number of ether oxygens (including phenoxy) is 4. The van der Waals surface area contributed by atoms with Crippen molar-refractivity contribution in [3.05, 3.63) is 60.2 Å². The van der Waals surface area contributed by atoms with Crippen molar-refractivity contribution in [2.45, 2.75) is 6.54 Å². The van der Waals surface area contributed by atoms with Crippen molar-refractivity contribution < 1.29 is 43.5 Å². The summed E-state index contributed by atoms with van der Waals surface area (Å²) in [5.74, 6) is -0.861. The fraction of sp³-hybridized carbons (Fsp3) is 0.321. The van der Waals surface area contributed by atoms with Crippen molar-refractivity contribution in [1.29, 1.82) is 0 Å². The Labute approximate surface area is 226 Å². The predicted molar refractivity (Wildman–Crippen MR) is 143 cm³/mol. The summed E-state index contributed by atoms with van der Waals surface area (Å²) in [7, 11) is 4.88. The number of carbonyl (C=O) groups excluding carboxylic acids is 1. The maximum Gasteiger partial charge on any atom is 0.414 e. The Morgan fingerprint density at radius 2 is 1.33 bits per heavy atom. The van der Waals surface area contributed by atoms with Crippen LogP contribution < -0.4 is 18.9 Å². The molecule has 0 aliphatic carbocycles. The molecule has 0 saturated carbocycles. The number of hydrogen-bond donors (Lipinski definition) is 2. The summed E-state index contributed by atoms with van der Waals surface area (Å²) in [6.45, 7) is 3.63. The molecule has 0 radical (unpaired) electrons. The minimum absolute atomic E-state index is 0.00602. The lowest BCUT2D eigenvalue weighted by Gasteiger charge is -2.35. The fourth-order valence-corrected chi connectivity index (χ4v) is 4.11. The average molecular weight is 541 g/mol. The van der Waals surface area contributed by atoms with Gasteiger partial charge in [0.1, 0.15) is 11.5 Å². The van der Waals surface area contributed by atoms with Gasteiger partial charge in [0.2, 0.25) is 0 Å². The van der Waals surface area contributed by atoms with Crippen molar-refractivity contribution in [3.8, 4) is 23.0 Å². The van der Waals surface area contributed by atoms with Gasteiger partial charge in [-0.2, -0.15) is 0 Å². The SMILES string of the molecule is COc1cc(OC)c(OC)cc1CN1CCN(C(=O)COc2ccc3ccccc3c2)CC1.O=C(O)C(=O)O. The molecule has 0 aromatic heterocycles. The van der Waals surface area contributed by atoms with E-state index in [1.165, 1.54) is 0 Å². The Kier molecular flexibility index (Phi) is 10.3. The first-order chi connectivity index (χ1) is 18.7. The highest BCUT2D eigenvalue weighted by atomic mass is 16.5. The number of methoxy groups -OCH3 is 3. The Bertz CT molecular complexity index is 1290. The van der Waals surface area contributed by atoms with Gasteiger partial charge in [-0.1, -0.05) is 30.3 Å². The van der Waals surface area contributed by atoms with E-state index >= 15 is 0 Å². The summed E-state index contributed by atoms with van der Waals surface area (Å²) in [4.78, 5) is 35.1. The Balaban J connectivity index is 0.000000631. The van der Waals surface area contributed by atoms with E-state index in [1.807, 2.05) is 53.4 Å². The molecule has 3 aromatic carbocycles. The molecule has 1 fully saturated rings. The molecule has 208 valence electrons. The van der Waals surface area contributed by atoms with Gasteiger partial charge in [-0.25, -0.2) is 9.59 Å². The fourth-order valence-electron chi connectivity index (χ4n) is 4.11. The van der Waals surface area contributed by atoms with E-state index in [4.69, 9.17) is 38.7 Å². The maximum atomic E-state index is 12.7. The second-order valence-electron chi connectivity index (χ2n) is 8.58. The molecule has 1 saturated heterocycles. The Morgan fingerprint density at radius 3 is 1.92 bits per heavy atom. The third-order valence-corrected chi connectivity index (χ3v) is 6.17. The summed E-state index contributed by atoms with van der Waals surface area (Å²) in [6.07, 6.45) is 0.